The summed E-state index contributed by atoms with van der Waals surface area (Å²) < 4.78 is 12.4. The van der Waals surface area contributed by atoms with E-state index in [4.69, 9.17) is 0 Å². The van der Waals surface area contributed by atoms with Crippen LogP contribution in [-0.4, -0.2) is 9.13 Å². The summed E-state index contributed by atoms with van der Waals surface area (Å²) in [7, 11) is -1.32. The van der Waals surface area contributed by atoms with Crippen LogP contribution in [0.25, 0.3) is 0 Å². The molecule has 0 aliphatic carbocycles. The molecule has 3 rings (SSSR count). The molecule has 0 radical (unpaired) electrons. The number of nitro groups is 1. The molecule has 90 valence electrons. The van der Waals surface area contributed by atoms with Crippen LogP contribution in [0.4, 0.5) is 5.69 Å². The molecule has 0 aromatic heterocycles. The smallest absolute Gasteiger partial charge is 0.258 e. The fourth-order valence-corrected chi connectivity index (χ4v) is 3.55. The Balaban J connectivity index is 2.17. The molecule has 0 bridgehead atoms. The predicted octanol–water partition coefficient (Wildman–Crippen LogP) is 2.67. The Bertz CT molecular complexity index is 682. The molecule has 0 saturated heterocycles. The van der Waals surface area contributed by atoms with Crippen LogP contribution in [-0.2, 0) is 17.2 Å². The van der Waals surface area contributed by atoms with Crippen LogP contribution >= 0.6 is 0 Å². The first-order chi connectivity index (χ1) is 8.66. The highest BCUT2D eigenvalue weighted by molar-refractivity contribution is 7.85. The van der Waals surface area contributed by atoms with Crippen molar-refractivity contribution in [1.29, 1.82) is 0 Å². The van der Waals surface area contributed by atoms with Crippen LogP contribution < -0.4 is 0 Å². The lowest BCUT2D eigenvalue weighted by atomic mass is 10.0. The fraction of sp³-hybridized carbons (Fsp3) is 0.0769. The summed E-state index contributed by atoms with van der Waals surface area (Å²) in [6.07, 6.45) is 0.676. The van der Waals surface area contributed by atoms with Crippen molar-refractivity contribution in [1.82, 2.24) is 0 Å². The van der Waals surface area contributed by atoms with E-state index < -0.39 is 15.7 Å². The Labute approximate surface area is 106 Å². The average molecular weight is 259 g/mol. The van der Waals surface area contributed by atoms with Gasteiger partial charge < -0.3 is 0 Å². The summed E-state index contributed by atoms with van der Waals surface area (Å²) in [5, 5.41) is 10.7. The summed E-state index contributed by atoms with van der Waals surface area (Å²) in [5.41, 5.74) is 1.91. The molecule has 2 aromatic carbocycles. The molecule has 0 fully saturated rings. The highest BCUT2D eigenvalue weighted by atomic mass is 32.2. The van der Waals surface area contributed by atoms with Crippen LogP contribution in [0.3, 0.4) is 0 Å². The molecule has 1 aliphatic heterocycles. The normalized spacial score (nSPS) is 16.8. The van der Waals surface area contributed by atoms with E-state index in [1.807, 2.05) is 24.3 Å². The quantitative estimate of drug-likeness (QED) is 0.498. The van der Waals surface area contributed by atoms with E-state index in [1.165, 1.54) is 12.1 Å². The maximum Gasteiger partial charge on any atom is 0.270 e. The van der Waals surface area contributed by atoms with E-state index in [2.05, 4.69) is 0 Å². The van der Waals surface area contributed by atoms with Gasteiger partial charge in [0.05, 0.1) is 20.6 Å². The first-order valence-electron chi connectivity index (χ1n) is 5.44. The number of fused-ring (bicyclic) bond motifs is 2. The molecule has 5 heteroatoms. The van der Waals surface area contributed by atoms with Crippen LogP contribution in [0.5, 0.6) is 0 Å². The van der Waals surface area contributed by atoms with E-state index >= 15 is 0 Å². The Morgan fingerprint density at radius 2 is 1.78 bits per heavy atom. The summed E-state index contributed by atoms with van der Waals surface area (Å²) in [6.45, 7) is 0. The number of hydrogen-bond donors (Lipinski definition) is 0. The first-order valence-corrected chi connectivity index (χ1v) is 6.59. The molecule has 1 atom stereocenters. The highest BCUT2D eigenvalue weighted by Gasteiger charge is 2.23. The number of benzene rings is 2. The Morgan fingerprint density at radius 1 is 1.06 bits per heavy atom. The van der Waals surface area contributed by atoms with Crippen molar-refractivity contribution >= 4 is 16.5 Å². The zero-order valence-corrected chi connectivity index (χ0v) is 10.1. The van der Waals surface area contributed by atoms with Crippen LogP contribution in [0.1, 0.15) is 11.1 Å². The lowest BCUT2D eigenvalue weighted by Crippen LogP contribution is -2.09. The Kier molecular flexibility index (Phi) is 2.48. The van der Waals surface area contributed by atoms with E-state index in [9.17, 15) is 14.3 Å². The number of rotatable bonds is 1. The van der Waals surface area contributed by atoms with Crippen molar-refractivity contribution in [2.24, 2.45) is 0 Å². The summed E-state index contributed by atoms with van der Waals surface area (Å²) >= 11 is 0. The van der Waals surface area contributed by atoms with Gasteiger partial charge >= 0.3 is 0 Å². The van der Waals surface area contributed by atoms with Crippen molar-refractivity contribution in [2.75, 3.05) is 0 Å². The van der Waals surface area contributed by atoms with Gasteiger partial charge in [0.2, 0.25) is 0 Å². The third-order valence-electron chi connectivity index (χ3n) is 3.01. The molecule has 0 spiro atoms. The molecular weight excluding hydrogens is 250 g/mol. The van der Waals surface area contributed by atoms with Gasteiger partial charge in [-0.25, -0.2) is 4.21 Å². The van der Waals surface area contributed by atoms with Crippen LogP contribution in [0, 0.1) is 10.1 Å². The average Bonchev–Trinajstić information content (AvgIpc) is 2.38. The molecule has 2 aromatic rings. The highest BCUT2D eigenvalue weighted by Crippen LogP contribution is 2.33. The van der Waals surface area contributed by atoms with Gasteiger partial charge in [-0.2, -0.15) is 0 Å². The SMILES string of the molecule is O=[N+]([O-])c1ccc2c(c1)S(=O)c1ccccc1C2. The molecule has 0 N–H and O–H groups in total. The Morgan fingerprint density at radius 3 is 2.56 bits per heavy atom. The first kappa shape index (κ1) is 11.1. The molecule has 1 unspecified atom stereocenters. The van der Waals surface area contributed by atoms with Gasteiger partial charge in [0.15, 0.2) is 0 Å². The largest absolute Gasteiger partial charge is 0.270 e. The molecule has 0 saturated carbocycles. The van der Waals surface area contributed by atoms with Gasteiger partial charge in [-0.15, -0.1) is 0 Å². The summed E-state index contributed by atoms with van der Waals surface area (Å²) in [5.74, 6) is 0. The zero-order valence-electron chi connectivity index (χ0n) is 9.33. The molecule has 1 heterocycles. The monoisotopic (exact) mass is 259 g/mol. The topological polar surface area (TPSA) is 60.2 Å². The number of nitro benzene ring substituents is 1. The summed E-state index contributed by atoms with van der Waals surface area (Å²) in [4.78, 5) is 11.6. The number of nitrogens with zero attached hydrogens (tertiary/aromatic N) is 1. The van der Waals surface area contributed by atoms with E-state index in [0.29, 0.717) is 11.3 Å². The van der Waals surface area contributed by atoms with Gasteiger partial charge in [-0.3, -0.25) is 10.1 Å². The lowest BCUT2D eigenvalue weighted by molar-refractivity contribution is -0.385. The van der Waals surface area contributed by atoms with Crippen LogP contribution in [0.15, 0.2) is 52.3 Å². The molecule has 4 nitrogen and oxygen atoms in total. The second-order valence-electron chi connectivity index (χ2n) is 4.10. The Hall–Kier alpha value is -2.01. The minimum atomic E-state index is -1.32. The number of hydrogen-bond acceptors (Lipinski definition) is 3. The third kappa shape index (κ3) is 1.64. The third-order valence-corrected chi connectivity index (χ3v) is 4.59. The van der Waals surface area contributed by atoms with Gasteiger partial charge in [0.1, 0.15) is 0 Å². The van der Waals surface area contributed by atoms with E-state index in [1.54, 1.807) is 6.07 Å². The molecule has 1 aliphatic rings. The molecule has 18 heavy (non-hydrogen) atoms. The summed E-state index contributed by atoms with van der Waals surface area (Å²) in [6, 6.07) is 12.1. The predicted molar refractivity (Wildman–Crippen MR) is 67.0 cm³/mol. The van der Waals surface area contributed by atoms with E-state index in [-0.39, 0.29) is 5.69 Å². The molecule has 0 amide bonds. The fourth-order valence-electron chi connectivity index (χ4n) is 2.13. The van der Waals surface area contributed by atoms with Gasteiger partial charge in [-0.1, -0.05) is 24.3 Å². The second kappa shape index (κ2) is 4.03. The lowest BCUT2D eigenvalue weighted by Gasteiger charge is -2.18. The molecular formula is C13H9NO3S. The van der Waals surface area contributed by atoms with Crippen molar-refractivity contribution in [3.63, 3.8) is 0 Å². The van der Waals surface area contributed by atoms with Gasteiger partial charge in [-0.05, 0) is 23.6 Å². The van der Waals surface area contributed by atoms with Crippen molar-refractivity contribution in [2.45, 2.75) is 16.2 Å². The standard InChI is InChI=1S/C13H9NO3S/c15-14(16)11-6-5-10-7-9-3-1-2-4-12(9)18(17)13(10)8-11/h1-6,8H,7H2. The second-order valence-corrected chi connectivity index (χ2v) is 5.52. The van der Waals surface area contributed by atoms with Crippen LogP contribution in [0.2, 0.25) is 0 Å². The van der Waals surface area contributed by atoms with Crippen molar-refractivity contribution < 1.29 is 9.13 Å². The zero-order chi connectivity index (χ0) is 12.7. The minimum Gasteiger partial charge on any atom is -0.258 e. The van der Waals surface area contributed by atoms with Gasteiger partial charge in [0.25, 0.3) is 5.69 Å². The van der Waals surface area contributed by atoms with Gasteiger partial charge in [0, 0.05) is 17.0 Å². The van der Waals surface area contributed by atoms with Crippen molar-refractivity contribution in [3.8, 4) is 0 Å². The van der Waals surface area contributed by atoms with Crippen molar-refractivity contribution in [3.05, 3.63) is 63.7 Å². The van der Waals surface area contributed by atoms with E-state index in [0.717, 1.165) is 16.0 Å². The number of non-ortho nitro benzene ring substituents is 1. The minimum absolute atomic E-state index is 0.0125. The maximum absolute atomic E-state index is 12.4. The maximum atomic E-state index is 12.4.